The van der Waals surface area contributed by atoms with Gasteiger partial charge in [-0.15, -0.1) is 11.8 Å². The number of para-hydroxylation sites is 1. The highest BCUT2D eigenvalue weighted by atomic mass is 79.9. The largest absolute Gasteiger partial charge is 0.325 e. The number of nitrogens with one attached hydrogen (secondary N) is 3. The van der Waals surface area contributed by atoms with Crippen molar-refractivity contribution < 1.29 is 14.4 Å². The maximum Gasteiger partial charge on any atom is 0.272 e. The molecule has 190 valence electrons. The van der Waals surface area contributed by atoms with Crippen molar-refractivity contribution in [3.8, 4) is 0 Å². The van der Waals surface area contributed by atoms with E-state index in [9.17, 15) is 14.4 Å². The highest BCUT2D eigenvalue weighted by molar-refractivity contribution is 9.10. The summed E-state index contributed by atoms with van der Waals surface area (Å²) in [6.45, 7) is 0. The quantitative estimate of drug-likeness (QED) is 0.153. The number of thioether (sulfide) groups is 1. The molecule has 0 aliphatic heterocycles. The van der Waals surface area contributed by atoms with Crippen molar-refractivity contribution in [3.05, 3.63) is 130 Å². The lowest BCUT2D eigenvalue weighted by atomic mass is 10.1. The molecular formula is C30H24BrN3O3S. The fourth-order valence-corrected chi connectivity index (χ4v) is 4.61. The van der Waals surface area contributed by atoms with Gasteiger partial charge in [-0.1, -0.05) is 70.5 Å². The molecule has 0 saturated carbocycles. The predicted octanol–water partition coefficient (Wildman–Crippen LogP) is 6.59. The average molecular weight is 587 g/mol. The fraction of sp³-hybridized carbons (Fsp3) is 0.0333. The Hall–Kier alpha value is -4.14. The number of hydrogen-bond acceptors (Lipinski definition) is 4. The number of halogens is 1. The van der Waals surface area contributed by atoms with Gasteiger partial charge in [-0.25, -0.2) is 0 Å². The minimum absolute atomic E-state index is 0.0947. The van der Waals surface area contributed by atoms with Crippen LogP contribution in [0.4, 0.5) is 11.4 Å². The van der Waals surface area contributed by atoms with E-state index in [-0.39, 0.29) is 17.4 Å². The van der Waals surface area contributed by atoms with Crippen LogP contribution in [0.15, 0.2) is 124 Å². The molecule has 0 unspecified atom stereocenters. The number of rotatable bonds is 9. The number of hydrogen-bond donors (Lipinski definition) is 3. The zero-order valence-corrected chi connectivity index (χ0v) is 22.6. The molecule has 8 heteroatoms. The first kappa shape index (κ1) is 26.9. The lowest BCUT2D eigenvalue weighted by Gasteiger charge is -2.12. The second kappa shape index (κ2) is 13.4. The maximum atomic E-state index is 13.3. The van der Waals surface area contributed by atoms with E-state index in [0.717, 1.165) is 20.6 Å². The Morgan fingerprint density at radius 1 is 0.737 bits per heavy atom. The van der Waals surface area contributed by atoms with Crippen LogP contribution in [0.1, 0.15) is 15.9 Å². The lowest BCUT2D eigenvalue weighted by Crippen LogP contribution is -2.30. The Morgan fingerprint density at radius 3 is 2.16 bits per heavy atom. The maximum absolute atomic E-state index is 13.3. The van der Waals surface area contributed by atoms with Gasteiger partial charge in [0, 0.05) is 26.3 Å². The molecule has 4 rings (SSSR count). The van der Waals surface area contributed by atoms with Gasteiger partial charge in [0.2, 0.25) is 5.91 Å². The van der Waals surface area contributed by atoms with E-state index in [1.54, 1.807) is 48.5 Å². The SMILES string of the molecule is O=C(CSc1cccc(NC(=O)/C(=C\c2cccc(Br)c2)NC(=O)c2ccccc2)c1)Nc1ccccc1. The monoisotopic (exact) mass is 585 g/mol. The molecule has 0 atom stereocenters. The Balaban J connectivity index is 1.46. The van der Waals surface area contributed by atoms with Crippen molar-refractivity contribution in [1.82, 2.24) is 5.32 Å². The molecule has 3 amide bonds. The molecule has 0 aliphatic rings. The van der Waals surface area contributed by atoms with Crippen molar-refractivity contribution in [2.45, 2.75) is 4.90 Å². The van der Waals surface area contributed by atoms with E-state index in [1.165, 1.54) is 11.8 Å². The third-order valence-electron chi connectivity index (χ3n) is 5.21. The molecule has 6 nitrogen and oxygen atoms in total. The molecule has 0 bridgehead atoms. The smallest absolute Gasteiger partial charge is 0.272 e. The average Bonchev–Trinajstić information content (AvgIpc) is 2.93. The van der Waals surface area contributed by atoms with Gasteiger partial charge in [0.15, 0.2) is 0 Å². The second-order valence-corrected chi connectivity index (χ2v) is 10.1. The minimum atomic E-state index is -0.474. The number of carbonyl (C=O) groups is 3. The van der Waals surface area contributed by atoms with Crippen LogP contribution in [-0.2, 0) is 9.59 Å². The van der Waals surface area contributed by atoms with Crippen LogP contribution in [0.25, 0.3) is 6.08 Å². The van der Waals surface area contributed by atoms with E-state index in [4.69, 9.17) is 0 Å². The molecule has 0 aromatic heterocycles. The predicted molar refractivity (Wildman–Crippen MR) is 157 cm³/mol. The summed E-state index contributed by atoms with van der Waals surface area (Å²) in [6.07, 6.45) is 1.62. The number of anilines is 2. The van der Waals surface area contributed by atoms with Gasteiger partial charge in [-0.2, -0.15) is 0 Å². The van der Waals surface area contributed by atoms with Gasteiger partial charge in [-0.3, -0.25) is 14.4 Å². The van der Waals surface area contributed by atoms with Crippen LogP contribution >= 0.6 is 27.7 Å². The fourth-order valence-electron chi connectivity index (χ4n) is 3.43. The molecular weight excluding hydrogens is 562 g/mol. The number of carbonyl (C=O) groups excluding carboxylic acids is 3. The van der Waals surface area contributed by atoms with E-state index in [0.29, 0.717) is 11.3 Å². The Bertz CT molecular complexity index is 1460. The highest BCUT2D eigenvalue weighted by Crippen LogP contribution is 2.23. The zero-order valence-electron chi connectivity index (χ0n) is 20.2. The summed E-state index contributed by atoms with van der Waals surface area (Å²) < 4.78 is 0.849. The van der Waals surface area contributed by atoms with Crippen LogP contribution in [0.5, 0.6) is 0 Å². The molecule has 0 aliphatic carbocycles. The summed E-state index contributed by atoms with van der Waals surface area (Å²) >= 11 is 4.79. The summed E-state index contributed by atoms with van der Waals surface area (Å²) in [5.41, 5.74) is 2.55. The summed E-state index contributed by atoms with van der Waals surface area (Å²) in [6, 6.07) is 32.6. The van der Waals surface area contributed by atoms with Gasteiger partial charge >= 0.3 is 0 Å². The van der Waals surface area contributed by atoms with Crippen LogP contribution in [0.2, 0.25) is 0 Å². The van der Waals surface area contributed by atoms with Crippen LogP contribution < -0.4 is 16.0 Å². The topological polar surface area (TPSA) is 87.3 Å². The van der Waals surface area contributed by atoms with Crippen molar-refractivity contribution in [1.29, 1.82) is 0 Å². The van der Waals surface area contributed by atoms with Crippen LogP contribution in [-0.4, -0.2) is 23.5 Å². The van der Waals surface area contributed by atoms with Crippen LogP contribution in [0, 0.1) is 0 Å². The first-order valence-electron chi connectivity index (χ1n) is 11.7. The minimum Gasteiger partial charge on any atom is -0.325 e. The normalized spacial score (nSPS) is 10.9. The van der Waals surface area contributed by atoms with Gasteiger partial charge < -0.3 is 16.0 Å². The molecule has 38 heavy (non-hydrogen) atoms. The Kier molecular flexibility index (Phi) is 9.50. The molecule has 0 heterocycles. The third kappa shape index (κ3) is 8.19. The second-order valence-electron chi connectivity index (χ2n) is 8.12. The molecule has 4 aromatic carbocycles. The van der Waals surface area contributed by atoms with E-state index >= 15 is 0 Å². The molecule has 0 fully saturated rings. The van der Waals surface area contributed by atoms with Gasteiger partial charge in [-0.05, 0) is 66.2 Å². The third-order valence-corrected chi connectivity index (χ3v) is 6.69. The highest BCUT2D eigenvalue weighted by Gasteiger charge is 2.15. The van der Waals surface area contributed by atoms with Crippen LogP contribution in [0.3, 0.4) is 0 Å². The van der Waals surface area contributed by atoms with E-state index in [1.807, 2.05) is 66.7 Å². The van der Waals surface area contributed by atoms with Gasteiger partial charge in [0.1, 0.15) is 5.70 Å². The van der Waals surface area contributed by atoms with Crippen molar-refractivity contribution in [2.24, 2.45) is 0 Å². The first-order valence-corrected chi connectivity index (χ1v) is 13.5. The van der Waals surface area contributed by atoms with Gasteiger partial charge in [0.05, 0.1) is 5.75 Å². The Labute approximate surface area is 233 Å². The lowest BCUT2D eigenvalue weighted by molar-refractivity contribution is -0.114. The standard InChI is InChI=1S/C30H24BrN3O3S/c31-23-12-7-9-21(17-23)18-27(34-29(36)22-10-3-1-4-11-22)30(37)33-25-15-8-16-26(19-25)38-20-28(35)32-24-13-5-2-6-14-24/h1-19H,20H2,(H,32,35)(H,33,37)(H,34,36)/b27-18+. The molecule has 0 spiro atoms. The summed E-state index contributed by atoms with van der Waals surface area (Å²) in [4.78, 5) is 39.2. The molecule has 0 radical (unpaired) electrons. The molecule has 3 N–H and O–H groups in total. The molecule has 4 aromatic rings. The molecule has 0 saturated heterocycles. The van der Waals surface area contributed by atoms with Crippen molar-refractivity contribution in [3.63, 3.8) is 0 Å². The van der Waals surface area contributed by atoms with E-state index in [2.05, 4.69) is 31.9 Å². The van der Waals surface area contributed by atoms with E-state index < -0.39 is 11.8 Å². The number of benzene rings is 4. The summed E-state index contributed by atoms with van der Waals surface area (Å²) in [5, 5.41) is 8.44. The zero-order chi connectivity index (χ0) is 26.7. The summed E-state index contributed by atoms with van der Waals surface area (Å²) in [5.74, 6) is -0.777. The first-order chi connectivity index (χ1) is 18.5. The van der Waals surface area contributed by atoms with Crippen molar-refractivity contribution in [2.75, 3.05) is 16.4 Å². The van der Waals surface area contributed by atoms with Gasteiger partial charge in [0.25, 0.3) is 11.8 Å². The Morgan fingerprint density at radius 2 is 1.42 bits per heavy atom. The van der Waals surface area contributed by atoms with Crippen molar-refractivity contribution >= 4 is 62.9 Å². The summed E-state index contributed by atoms with van der Waals surface area (Å²) in [7, 11) is 0. The number of amides is 3.